The van der Waals surface area contributed by atoms with Gasteiger partial charge in [-0.15, -0.1) is 11.3 Å². The SMILES string of the molecule is COc1cc(/C=N\Nc2nc(C)c(C)s2)ccc1OCC#N. The molecule has 0 aliphatic heterocycles. The fourth-order valence-corrected chi connectivity index (χ4v) is 2.44. The fourth-order valence-electron chi connectivity index (χ4n) is 1.68. The summed E-state index contributed by atoms with van der Waals surface area (Å²) in [5.74, 6) is 1.08. The molecule has 0 aliphatic rings. The van der Waals surface area contributed by atoms with Crippen molar-refractivity contribution < 1.29 is 9.47 Å². The first kappa shape index (κ1) is 15.8. The number of methoxy groups -OCH3 is 1. The van der Waals surface area contributed by atoms with E-state index in [1.807, 2.05) is 26.0 Å². The zero-order chi connectivity index (χ0) is 15.9. The quantitative estimate of drug-likeness (QED) is 0.654. The number of nitrogens with zero attached hydrogens (tertiary/aromatic N) is 3. The Morgan fingerprint density at radius 2 is 2.23 bits per heavy atom. The van der Waals surface area contributed by atoms with Gasteiger partial charge in [0.15, 0.2) is 18.1 Å². The van der Waals surface area contributed by atoms with Gasteiger partial charge in [0.05, 0.1) is 19.0 Å². The molecule has 2 aromatic rings. The summed E-state index contributed by atoms with van der Waals surface area (Å²) in [7, 11) is 1.55. The molecule has 1 heterocycles. The Kier molecular flexibility index (Phi) is 5.33. The van der Waals surface area contributed by atoms with Gasteiger partial charge in [-0.1, -0.05) is 0 Å². The van der Waals surface area contributed by atoms with Gasteiger partial charge >= 0.3 is 0 Å². The number of rotatable bonds is 6. The minimum atomic E-state index is -0.0197. The Hall–Kier alpha value is -2.59. The number of nitriles is 1. The number of thiazole rings is 1. The number of anilines is 1. The minimum absolute atomic E-state index is 0.0197. The van der Waals surface area contributed by atoms with Crippen molar-refractivity contribution in [1.82, 2.24) is 4.98 Å². The van der Waals surface area contributed by atoms with E-state index in [-0.39, 0.29) is 6.61 Å². The third-order valence-corrected chi connectivity index (χ3v) is 3.86. The first-order valence-electron chi connectivity index (χ1n) is 6.55. The van der Waals surface area contributed by atoms with Gasteiger partial charge in [-0.25, -0.2) is 4.98 Å². The third kappa shape index (κ3) is 3.96. The van der Waals surface area contributed by atoms with E-state index in [2.05, 4.69) is 15.5 Å². The van der Waals surface area contributed by atoms with Gasteiger partial charge in [0.25, 0.3) is 0 Å². The van der Waals surface area contributed by atoms with E-state index < -0.39 is 0 Å². The number of aromatic nitrogens is 1. The van der Waals surface area contributed by atoms with E-state index in [4.69, 9.17) is 14.7 Å². The van der Waals surface area contributed by atoms with Crippen LogP contribution < -0.4 is 14.9 Å². The Morgan fingerprint density at radius 3 is 2.86 bits per heavy atom. The Balaban J connectivity index is 2.06. The van der Waals surface area contributed by atoms with Crippen LogP contribution in [0.25, 0.3) is 0 Å². The number of hydrogen-bond donors (Lipinski definition) is 1. The molecule has 114 valence electrons. The van der Waals surface area contributed by atoms with E-state index in [9.17, 15) is 0 Å². The number of benzene rings is 1. The van der Waals surface area contributed by atoms with Crippen LogP contribution in [0.5, 0.6) is 11.5 Å². The average Bonchev–Trinajstić information content (AvgIpc) is 2.84. The summed E-state index contributed by atoms with van der Waals surface area (Å²) in [6.07, 6.45) is 1.67. The predicted octanol–water partition coefficient (Wildman–Crippen LogP) is 3.12. The van der Waals surface area contributed by atoms with Crippen molar-refractivity contribution in [3.63, 3.8) is 0 Å². The minimum Gasteiger partial charge on any atom is -0.493 e. The van der Waals surface area contributed by atoms with E-state index in [1.165, 1.54) is 4.88 Å². The largest absolute Gasteiger partial charge is 0.493 e. The van der Waals surface area contributed by atoms with E-state index in [0.717, 1.165) is 16.4 Å². The van der Waals surface area contributed by atoms with Crippen LogP contribution in [-0.4, -0.2) is 24.9 Å². The van der Waals surface area contributed by atoms with Gasteiger partial charge in [0.2, 0.25) is 5.13 Å². The second-order valence-electron chi connectivity index (χ2n) is 4.39. The van der Waals surface area contributed by atoms with Crippen molar-refractivity contribution in [2.75, 3.05) is 19.1 Å². The van der Waals surface area contributed by atoms with E-state index >= 15 is 0 Å². The summed E-state index contributed by atoms with van der Waals surface area (Å²) < 4.78 is 10.5. The van der Waals surface area contributed by atoms with Gasteiger partial charge in [-0.05, 0) is 37.6 Å². The van der Waals surface area contributed by atoms with Crippen LogP contribution in [0.15, 0.2) is 23.3 Å². The highest BCUT2D eigenvalue weighted by atomic mass is 32.1. The van der Waals surface area contributed by atoms with Gasteiger partial charge in [0.1, 0.15) is 6.07 Å². The van der Waals surface area contributed by atoms with Crippen LogP contribution in [0.1, 0.15) is 16.1 Å². The maximum atomic E-state index is 8.54. The van der Waals surface area contributed by atoms with Crippen LogP contribution >= 0.6 is 11.3 Å². The number of aryl methyl sites for hydroxylation is 2. The Bertz CT molecular complexity index is 699. The standard InChI is InChI=1S/C15H16N4O2S/c1-10-11(2)22-15(18-10)19-17-9-12-4-5-13(21-7-6-16)14(8-12)20-3/h4-5,8-9H,7H2,1-3H3,(H,18,19)/b17-9-. The molecule has 0 aliphatic carbocycles. The second-order valence-corrected chi connectivity index (χ2v) is 5.59. The first-order chi connectivity index (χ1) is 10.6. The fraction of sp³-hybridized carbons (Fsp3) is 0.267. The van der Waals surface area contributed by atoms with Crippen molar-refractivity contribution in [1.29, 1.82) is 5.26 Å². The highest BCUT2D eigenvalue weighted by molar-refractivity contribution is 7.15. The monoisotopic (exact) mass is 316 g/mol. The lowest BCUT2D eigenvalue weighted by Crippen LogP contribution is -1.98. The van der Waals surface area contributed by atoms with Crippen molar-refractivity contribution in [2.45, 2.75) is 13.8 Å². The lowest BCUT2D eigenvalue weighted by Gasteiger charge is -2.08. The number of nitrogens with one attached hydrogen (secondary N) is 1. The first-order valence-corrected chi connectivity index (χ1v) is 7.36. The number of hydrogen-bond acceptors (Lipinski definition) is 7. The summed E-state index contributed by atoms with van der Waals surface area (Å²) in [5, 5.41) is 13.5. The molecule has 0 saturated heterocycles. The normalized spacial score (nSPS) is 10.5. The second kappa shape index (κ2) is 7.43. The van der Waals surface area contributed by atoms with Crippen LogP contribution in [0.4, 0.5) is 5.13 Å². The molecular weight excluding hydrogens is 300 g/mol. The zero-order valence-electron chi connectivity index (χ0n) is 12.6. The summed E-state index contributed by atoms with van der Waals surface area (Å²) in [4.78, 5) is 5.51. The summed E-state index contributed by atoms with van der Waals surface area (Å²) in [6, 6.07) is 7.29. The molecule has 1 aromatic heterocycles. The molecule has 0 saturated carbocycles. The maximum absolute atomic E-state index is 8.54. The molecule has 1 N–H and O–H groups in total. The van der Waals surface area contributed by atoms with Crippen molar-refractivity contribution in [3.05, 3.63) is 34.3 Å². The van der Waals surface area contributed by atoms with Gasteiger partial charge < -0.3 is 9.47 Å². The molecule has 0 fully saturated rings. The number of ether oxygens (including phenoxy) is 2. The smallest absolute Gasteiger partial charge is 0.203 e. The maximum Gasteiger partial charge on any atom is 0.203 e. The number of hydrazone groups is 1. The molecule has 0 unspecified atom stereocenters. The molecule has 6 nitrogen and oxygen atoms in total. The topological polar surface area (TPSA) is 79.5 Å². The van der Waals surface area contributed by atoms with E-state index in [0.29, 0.717) is 11.5 Å². The van der Waals surface area contributed by atoms with Crippen molar-refractivity contribution >= 4 is 22.7 Å². The summed E-state index contributed by atoms with van der Waals surface area (Å²) >= 11 is 1.56. The molecule has 1 aromatic carbocycles. The molecule has 0 spiro atoms. The Labute approximate surface area is 133 Å². The predicted molar refractivity (Wildman–Crippen MR) is 86.9 cm³/mol. The molecule has 0 atom stereocenters. The molecule has 7 heteroatoms. The van der Waals surface area contributed by atoms with Crippen LogP contribution in [-0.2, 0) is 0 Å². The zero-order valence-corrected chi connectivity index (χ0v) is 13.4. The third-order valence-electron chi connectivity index (χ3n) is 2.88. The molecule has 22 heavy (non-hydrogen) atoms. The average molecular weight is 316 g/mol. The van der Waals surface area contributed by atoms with Gasteiger partial charge in [-0.3, -0.25) is 5.43 Å². The summed E-state index contributed by atoms with van der Waals surface area (Å²) in [5.41, 5.74) is 4.75. The molecule has 0 amide bonds. The summed E-state index contributed by atoms with van der Waals surface area (Å²) in [6.45, 7) is 3.96. The van der Waals surface area contributed by atoms with Crippen LogP contribution in [0.2, 0.25) is 0 Å². The molecular formula is C15H16N4O2S. The van der Waals surface area contributed by atoms with E-state index in [1.54, 1.807) is 36.8 Å². The van der Waals surface area contributed by atoms with Crippen LogP contribution in [0, 0.1) is 25.2 Å². The molecule has 2 rings (SSSR count). The van der Waals surface area contributed by atoms with Crippen LogP contribution in [0.3, 0.4) is 0 Å². The van der Waals surface area contributed by atoms with Crippen molar-refractivity contribution in [3.8, 4) is 17.6 Å². The lowest BCUT2D eigenvalue weighted by atomic mass is 10.2. The molecule has 0 radical (unpaired) electrons. The molecule has 0 bridgehead atoms. The highest BCUT2D eigenvalue weighted by Gasteiger charge is 2.05. The highest BCUT2D eigenvalue weighted by Crippen LogP contribution is 2.27. The van der Waals surface area contributed by atoms with Gasteiger partial charge in [0, 0.05) is 4.88 Å². The van der Waals surface area contributed by atoms with Crippen molar-refractivity contribution in [2.24, 2.45) is 5.10 Å². The lowest BCUT2D eigenvalue weighted by molar-refractivity contribution is 0.329. The van der Waals surface area contributed by atoms with Gasteiger partial charge in [-0.2, -0.15) is 10.4 Å². The Morgan fingerprint density at radius 1 is 1.41 bits per heavy atom.